The van der Waals surface area contributed by atoms with Crippen molar-refractivity contribution in [3.8, 4) is 5.88 Å². The molecule has 0 radical (unpaired) electrons. The summed E-state index contributed by atoms with van der Waals surface area (Å²) in [5.41, 5.74) is 0.182. The Bertz CT molecular complexity index is 479. The number of aliphatic imine (C=N–C) groups is 1. The molecular weight excluding hydrogens is 235 g/mol. The van der Waals surface area contributed by atoms with Crippen molar-refractivity contribution >= 4 is 5.90 Å². The molecule has 0 saturated heterocycles. The average Bonchev–Trinajstić information content (AvgIpc) is 2.57. The van der Waals surface area contributed by atoms with Gasteiger partial charge in [0.25, 0.3) is 0 Å². The van der Waals surface area contributed by atoms with Crippen molar-refractivity contribution in [2.45, 2.75) is 45.8 Å². The van der Waals surface area contributed by atoms with Gasteiger partial charge in [-0.05, 0) is 40.2 Å². The molecule has 0 aromatic carbocycles. The topological polar surface area (TPSA) is 43.7 Å². The van der Waals surface area contributed by atoms with E-state index in [0.717, 1.165) is 0 Å². The summed E-state index contributed by atoms with van der Waals surface area (Å²) in [4.78, 5) is 8.77. The molecule has 1 aliphatic rings. The van der Waals surface area contributed by atoms with Gasteiger partial charge in [-0.15, -0.1) is 12.1 Å². The maximum atomic E-state index is 5.81. The largest absolute Gasteiger partial charge is 1.00 e. The van der Waals surface area contributed by atoms with E-state index in [1.54, 1.807) is 12.3 Å². The molecule has 0 spiro atoms. The molecule has 0 aliphatic carbocycles. The standard InChI is InChI=1S/C14H19N2O2.Li/c1-13(2,3)18-11-10(7-6-8-15-11)12-16-14(4,5)9-17-12;/h6,8H,9H2,1-5H3;/q-1;+1. The molecular formula is C14H19LiN2O2. The van der Waals surface area contributed by atoms with Gasteiger partial charge in [-0.1, -0.05) is 6.20 Å². The SMILES string of the molecule is CC1(C)COC(c2[c-]ccnc2OC(C)(C)C)=N1.[Li+]. The van der Waals surface area contributed by atoms with Gasteiger partial charge in [0.2, 0.25) is 0 Å². The van der Waals surface area contributed by atoms with Crippen molar-refractivity contribution in [1.82, 2.24) is 4.98 Å². The molecule has 0 bridgehead atoms. The summed E-state index contributed by atoms with van der Waals surface area (Å²) in [6, 6.07) is 4.83. The quantitative estimate of drug-likeness (QED) is 0.534. The van der Waals surface area contributed by atoms with Gasteiger partial charge in [0.05, 0.1) is 11.1 Å². The summed E-state index contributed by atoms with van der Waals surface area (Å²) in [6.07, 6.45) is 1.66. The Balaban J connectivity index is 0.00000180. The van der Waals surface area contributed by atoms with E-state index >= 15 is 0 Å². The molecule has 0 amide bonds. The number of aromatic nitrogens is 1. The first-order valence-corrected chi connectivity index (χ1v) is 6.06. The zero-order valence-electron chi connectivity index (χ0n) is 12.6. The fourth-order valence-corrected chi connectivity index (χ4v) is 1.58. The van der Waals surface area contributed by atoms with Gasteiger partial charge in [-0.25, -0.2) is 0 Å². The fourth-order valence-electron chi connectivity index (χ4n) is 1.58. The van der Waals surface area contributed by atoms with E-state index in [9.17, 15) is 0 Å². The molecule has 4 nitrogen and oxygen atoms in total. The Kier molecular flexibility index (Phi) is 4.71. The van der Waals surface area contributed by atoms with Crippen molar-refractivity contribution < 1.29 is 28.3 Å². The van der Waals surface area contributed by atoms with Crippen molar-refractivity contribution in [3.63, 3.8) is 0 Å². The second-order valence-corrected chi connectivity index (χ2v) is 6.00. The van der Waals surface area contributed by atoms with Gasteiger partial charge in [0.15, 0.2) is 0 Å². The van der Waals surface area contributed by atoms with Crippen LogP contribution in [-0.2, 0) is 4.74 Å². The molecule has 1 aromatic heterocycles. The van der Waals surface area contributed by atoms with Crippen LogP contribution in [-0.4, -0.2) is 28.6 Å². The summed E-state index contributed by atoms with van der Waals surface area (Å²) >= 11 is 0. The minimum absolute atomic E-state index is 0. The molecule has 0 saturated carbocycles. The second kappa shape index (κ2) is 5.56. The number of rotatable bonds is 2. The van der Waals surface area contributed by atoms with Crippen LogP contribution in [0.25, 0.3) is 0 Å². The number of hydrogen-bond donors (Lipinski definition) is 0. The summed E-state index contributed by atoms with van der Waals surface area (Å²) in [5.74, 6) is 1.08. The average molecular weight is 254 g/mol. The Labute approximate surface area is 126 Å². The van der Waals surface area contributed by atoms with Crippen molar-refractivity contribution in [2.24, 2.45) is 4.99 Å². The van der Waals surface area contributed by atoms with Crippen molar-refractivity contribution in [3.05, 3.63) is 23.9 Å². The van der Waals surface area contributed by atoms with Gasteiger partial charge < -0.3 is 14.5 Å². The Morgan fingerprint density at radius 1 is 1.37 bits per heavy atom. The van der Waals surface area contributed by atoms with Crippen LogP contribution in [0.3, 0.4) is 0 Å². The van der Waals surface area contributed by atoms with E-state index < -0.39 is 0 Å². The third-order valence-electron chi connectivity index (χ3n) is 2.29. The van der Waals surface area contributed by atoms with E-state index in [-0.39, 0.29) is 30.0 Å². The molecule has 2 rings (SSSR count). The third kappa shape index (κ3) is 4.26. The van der Waals surface area contributed by atoms with Crippen molar-refractivity contribution in [1.29, 1.82) is 0 Å². The maximum Gasteiger partial charge on any atom is 1.00 e. The van der Waals surface area contributed by atoms with Crippen LogP contribution >= 0.6 is 0 Å². The number of hydrogen-bond acceptors (Lipinski definition) is 4. The summed E-state index contributed by atoms with van der Waals surface area (Å²) in [5, 5.41) is 0. The molecule has 0 unspecified atom stereocenters. The molecule has 19 heavy (non-hydrogen) atoms. The Hall–Kier alpha value is -0.983. The van der Waals surface area contributed by atoms with E-state index in [0.29, 0.717) is 23.9 Å². The monoisotopic (exact) mass is 254 g/mol. The van der Waals surface area contributed by atoms with E-state index in [1.165, 1.54) is 0 Å². The Morgan fingerprint density at radius 2 is 2.05 bits per heavy atom. The minimum atomic E-state index is -0.314. The molecule has 0 fully saturated rings. The molecule has 2 heterocycles. The van der Waals surface area contributed by atoms with E-state index in [2.05, 4.69) is 16.0 Å². The summed E-state index contributed by atoms with van der Waals surface area (Å²) in [6.45, 7) is 10.6. The first-order chi connectivity index (χ1) is 8.27. The van der Waals surface area contributed by atoms with Gasteiger partial charge in [0, 0.05) is 0 Å². The summed E-state index contributed by atoms with van der Waals surface area (Å²) in [7, 11) is 0. The minimum Gasteiger partial charge on any atom is -0.518 e. The number of ether oxygens (including phenoxy) is 2. The summed E-state index contributed by atoms with van der Waals surface area (Å²) < 4.78 is 11.4. The molecule has 0 N–H and O–H groups in total. The normalized spacial score (nSPS) is 17.2. The molecule has 1 aromatic rings. The van der Waals surface area contributed by atoms with E-state index in [4.69, 9.17) is 9.47 Å². The first-order valence-electron chi connectivity index (χ1n) is 6.06. The van der Waals surface area contributed by atoms with Gasteiger partial charge >= 0.3 is 18.9 Å². The van der Waals surface area contributed by atoms with Gasteiger partial charge in [0.1, 0.15) is 18.4 Å². The smallest absolute Gasteiger partial charge is 0.518 e. The predicted molar refractivity (Wildman–Crippen MR) is 70.0 cm³/mol. The molecule has 5 heteroatoms. The van der Waals surface area contributed by atoms with Gasteiger partial charge in [-0.3, -0.25) is 4.99 Å². The van der Waals surface area contributed by atoms with Crippen LogP contribution in [0.15, 0.2) is 17.3 Å². The van der Waals surface area contributed by atoms with Crippen LogP contribution in [0, 0.1) is 6.07 Å². The van der Waals surface area contributed by atoms with E-state index in [1.807, 2.05) is 34.6 Å². The number of pyridine rings is 1. The fraction of sp³-hybridized carbons (Fsp3) is 0.571. The van der Waals surface area contributed by atoms with Crippen LogP contribution in [0.1, 0.15) is 40.2 Å². The van der Waals surface area contributed by atoms with Crippen LogP contribution in [0.5, 0.6) is 5.88 Å². The van der Waals surface area contributed by atoms with Gasteiger partial charge in [-0.2, -0.15) is 0 Å². The predicted octanol–water partition coefficient (Wildman–Crippen LogP) is -0.382. The first kappa shape index (κ1) is 16.1. The zero-order chi connectivity index (χ0) is 13.4. The second-order valence-electron chi connectivity index (χ2n) is 6.00. The zero-order valence-corrected chi connectivity index (χ0v) is 12.6. The van der Waals surface area contributed by atoms with Crippen molar-refractivity contribution in [2.75, 3.05) is 6.61 Å². The number of nitrogens with zero attached hydrogens (tertiary/aromatic N) is 2. The Morgan fingerprint density at radius 3 is 2.58 bits per heavy atom. The van der Waals surface area contributed by atoms with Crippen LogP contribution in [0.2, 0.25) is 0 Å². The van der Waals surface area contributed by atoms with Crippen LogP contribution in [0.4, 0.5) is 0 Å². The molecule has 0 atom stereocenters. The molecule has 1 aliphatic heterocycles. The maximum absolute atomic E-state index is 5.81. The van der Waals surface area contributed by atoms with Crippen LogP contribution < -0.4 is 23.6 Å². The third-order valence-corrected chi connectivity index (χ3v) is 2.29. The molecule has 98 valence electrons.